The molecule has 74 valence electrons. The van der Waals surface area contributed by atoms with Crippen molar-refractivity contribution in [1.82, 2.24) is 0 Å². The number of hydrogen-bond donors (Lipinski definition) is 0. The minimum absolute atomic E-state index is 0.826. The van der Waals surface area contributed by atoms with Gasteiger partial charge in [-0.15, -0.1) is 0 Å². The van der Waals surface area contributed by atoms with Gasteiger partial charge in [-0.3, -0.25) is 0 Å². The average molecular weight is 298 g/mol. The van der Waals surface area contributed by atoms with Gasteiger partial charge in [0.2, 0.25) is 0 Å². The summed E-state index contributed by atoms with van der Waals surface area (Å²) < 4.78 is 1.53. The van der Waals surface area contributed by atoms with E-state index in [0.717, 1.165) is 5.92 Å². The first-order valence-corrected chi connectivity index (χ1v) is 6.68. The molecule has 1 heteroatoms. The maximum absolute atomic E-state index is 2.53. The fraction of sp³-hybridized carbons (Fsp3) is 0.538. The maximum atomic E-state index is 2.53. The van der Waals surface area contributed by atoms with Crippen molar-refractivity contribution in [2.75, 3.05) is 0 Å². The van der Waals surface area contributed by atoms with Crippen LogP contribution in [0, 0.1) is 3.57 Å². The van der Waals surface area contributed by atoms with Gasteiger partial charge in [0.05, 0.1) is 0 Å². The predicted octanol–water partition coefficient (Wildman–Crippen LogP) is 3.83. The van der Waals surface area contributed by atoms with Crippen LogP contribution < -0.4 is 0 Å². The highest BCUT2D eigenvalue weighted by Gasteiger charge is 2.27. The molecule has 0 fully saturated rings. The molecular weight excluding hydrogens is 283 g/mol. The molecule has 0 amide bonds. The van der Waals surface area contributed by atoms with Crippen LogP contribution in [-0.4, -0.2) is 0 Å². The van der Waals surface area contributed by atoms with Crippen molar-refractivity contribution in [2.45, 2.75) is 44.9 Å². The second kappa shape index (κ2) is 3.22. The van der Waals surface area contributed by atoms with Gasteiger partial charge in [-0.2, -0.15) is 0 Å². The molecule has 1 aromatic rings. The van der Waals surface area contributed by atoms with Gasteiger partial charge >= 0.3 is 0 Å². The van der Waals surface area contributed by atoms with Crippen molar-refractivity contribution in [2.24, 2.45) is 0 Å². The Hall–Kier alpha value is -0.0500. The Morgan fingerprint density at radius 1 is 1.21 bits per heavy atom. The van der Waals surface area contributed by atoms with Crippen LogP contribution in [0.15, 0.2) is 6.07 Å². The van der Waals surface area contributed by atoms with E-state index in [4.69, 9.17) is 0 Å². The highest BCUT2D eigenvalue weighted by Crippen LogP contribution is 2.42. The van der Waals surface area contributed by atoms with E-state index < -0.39 is 0 Å². The average Bonchev–Trinajstić information content (AvgIpc) is 2.71. The smallest absolute Gasteiger partial charge is 0.0168 e. The van der Waals surface area contributed by atoms with Crippen molar-refractivity contribution in [3.63, 3.8) is 0 Å². The van der Waals surface area contributed by atoms with Crippen molar-refractivity contribution in [1.29, 1.82) is 0 Å². The minimum atomic E-state index is 0.826. The van der Waals surface area contributed by atoms with Gasteiger partial charge in [0.25, 0.3) is 0 Å². The Bertz CT molecular complexity index is 393. The van der Waals surface area contributed by atoms with Crippen LogP contribution in [0.3, 0.4) is 0 Å². The molecule has 1 atom stereocenters. The van der Waals surface area contributed by atoms with Crippen molar-refractivity contribution in [3.8, 4) is 0 Å². The summed E-state index contributed by atoms with van der Waals surface area (Å²) in [7, 11) is 0. The zero-order chi connectivity index (χ0) is 9.71. The van der Waals surface area contributed by atoms with Crippen LogP contribution in [0.5, 0.6) is 0 Å². The highest BCUT2D eigenvalue weighted by molar-refractivity contribution is 14.1. The Morgan fingerprint density at radius 3 is 2.93 bits per heavy atom. The first-order valence-electron chi connectivity index (χ1n) is 5.60. The summed E-state index contributed by atoms with van der Waals surface area (Å²) in [6, 6.07) is 2.44. The molecule has 3 rings (SSSR count). The lowest BCUT2D eigenvalue weighted by molar-refractivity contribution is 0.740. The Balaban J connectivity index is 2.28. The van der Waals surface area contributed by atoms with E-state index in [2.05, 4.69) is 35.6 Å². The SMILES string of the molecule is CC1CCc2c(I)cc3c(c21)CCC3. The number of fused-ring (bicyclic) bond motifs is 3. The second-order valence-electron chi connectivity index (χ2n) is 4.68. The molecule has 0 aromatic heterocycles. The third-order valence-corrected chi connectivity index (χ3v) is 4.78. The molecule has 0 saturated heterocycles. The van der Waals surface area contributed by atoms with Gasteiger partial charge in [0.15, 0.2) is 0 Å². The number of halogens is 1. The molecule has 0 radical (unpaired) electrons. The van der Waals surface area contributed by atoms with Gasteiger partial charge in [0, 0.05) is 3.57 Å². The molecule has 0 aliphatic heterocycles. The molecule has 0 saturated carbocycles. The normalized spacial score (nSPS) is 23.7. The summed E-state index contributed by atoms with van der Waals surface area (Å²) in [4.78, 5) is 0. The topological polar surface area (TPSA) is 0 Å². The van der Waals surface area contributed by atoms with E-state index in [0.29, 0.717) is 0 Å². The van der Waals surface area contributed by atoms with E-state index in [1.807, 2.05) is 0 Å². The lowest BCUT2D eigenvalue weighted by Crippen LogP contribution is -1.98. The third-order valence-electron chi connectivity index (χ3n) is 3.82. The molecule has 0 bridgehead atoms. The lowest BCUT2D eigenvalue weighted by atomic mass is 9.94. The molecule has 0 spiro atoms. The molecule has 1 unspecified atom stereocenters. The van der Waals surface area contributed by atoms with Gasteiger partial charge in [-0.05, 0) is 88.9 Å². The summed E-state index contributed by atoms with van der Waals surface area (Å²) >= 11 is 2.53. The fourth-order valence-corrected chi connectivity index (χ4v) is 4.08. The summed E-state index contributed by atoms with van der Waals surface area (Å²) in [5, 5.41) is 0. The zero-order valence-corrected chi connectivity index (χ0v) is 10.7. The van der Waals surface area contributed by atoms with Crippen LogP contribution in [0.1, 0.15) is 47.9 Å². The molecule has 0 N–H and O–H groups in total. The number of rotatable bonds is 0. The summed E-state index contributed by atoms with van der Waals surface area (Å²) in [6.07, 6.45) is 6.75. The second-order valence-corrected chi connectivity index (χ2v) is 5.84. The van der Waals surface area contributed by atoms with Gasteiger partial charge in [0.1, 0.15) is 0 Å². The largest absolute Gasteiger partial charge is 0.0584 e. The van der Waals surface area contributed by atoms with Crippen LogP contribution >= 0.6 is 22.6 Å². The highest BCUT2D eigenvalue weighted by atomic mass is 127. The Kier molecular flexibility index (Phi) is 2.12. The van der Waals surface area contributed by atoms with Gasteiger partial charge < -0.3 is 0 Å². The number of hydrogen-bond acceptors (Lipinski definition) is 0. The monoisotopic (exact) mass is 298 g/mol. The molecule has 14 heavy (non-hydrogen) atoms. The molecule has 0 nitrogen and oxygen atoms in total. The molecule has 2 aliphatic carbocycles. The Labute approximate surface area is 99.2 Å². The van der Waals surface area contributed by atoms with Crippen LogP contribution in [-0.2, 0) is 19.3 Å². The van der Waals surface area contributed by atoms with Crippen molar-refractivity contribution in [3.05, 3.63) is 31.9 Å². The molecule has 2 aliphatic rings. The first kappa shape index (κ1) is 9.20. The predicted molar refractivity (Wildman–Crippen MR) is 67.9 cm³/mol. The Morgan fingerprint density at radius 2 is 2.07 bits per heavy atom. The van der Waals surface area contributed by atoms with Gasteiger partial charge in [-0.25, -0.2) is 0 Å². The van der Waals surface area contributed by atoms with E-state index in [9.17, 15) is 0 Å². The molecule has 1 aromatic carbocycles. The third kappa shape index (κ3) is 1.17. The van der Waals surface area contributed by atoms with Crippen LogP contribution in [0.2, 0.25) is 0 Å². The van der Waals surface area contributed by atoms with E-state index in [1.165, 1.54) is 35.7 Å². The maximum Gasteiger partial charge on any atom is 0.0168 e. The fourth-order valence-electron chi connectivity index (χ4n) is 3.14. The first-order chi connectivity index (χ1) is 6.77. The quantitative estimate of drug-likeness (QED) is 0.639. The number of benzene rings is 1. The lowest BCUT2D eigenvalue weighted by Gasteiger charge is -2.13. The van der Waals surface area contributed by atoms with E-state index in [-0.39, 0.29) is 0 Å². The summed E-state index contributed by atoms with van der Waals surface area (Å²) in [5.74, 6) is 0.826. The van der Waals surface area contributed by atoms with E-state index >= 15 is 0 Å². The van der Waals surface area contributed by atoms with Crippen LogP contribution in [0.25, 0.3) is 0 Å². The number of aryl methyl sites for hydroxylation is 1. The van der Waals surface area contributed by atoms with Crippen molar-refractivity contribution >= 4 is 22.6 Å². The zero-order valence-electron chi connectivity index (χ0n) is 8.57. The van der Waals surface area contributed by atoms with Gasteiger partial charge in [-0.1, -0.05) is 6.92 Å². The minimum Gasteiger partial charge on any atom is -0.0584 e. The summed E-state index contributed by atoms with van der Waals surface area (Å²) in [6.45, 7) is 2.40. The van der Waals surface area contributed by atoms with E-state index in [1.54, 1.807) is 22.3 Å². The van der Waals surface area contributed by atoms with Crippen LogP contribution in [0.4, 0.5) is 0 Å². The standard InChI is InChI=1S/C13H15I/c1-8-5-6-11-12(14)7-9-3-2-4-10(9)13(8)11/h7-8H,2-6H2,1H3. The van der Waals surface area contributed by atoms with Crippen molar-refractivity contribution < 1.29 is 0 Å². The summed E-state index contributed by atoms with van der Waals surface area (Å²) in [5.41, 5.74) is 6.80. The molecular formula is C13H15I. The molecule has 0 heterocycles.